The largest absolute Gasteiger partial charge is 0.508 e. The van der Waals surface area contributed by atoms with Crippen molar-refractivity contribution in [3.05, 3.63) is 69.8 Å². The Hall–Kier alpha value is -4.35. The number of rotatable bonds is 8. The minimum atomic E-state index is -1.47. The molecule has 3 rings (SSSR count). The molecule has 0 bridgehead atoms. The lowest BCUT2D eigenvalue weighted by atomic mass is 9.91. The molecular formula is C31H40N6O9S2. The van der Waals surface area contributed by atoms with E-state index in [2.05, 4.69) is 21.3 Å². The number of aliphatic carboxylic acids is 1. The van der Waals surface area contributed by atoms with Gasteiger partial charge in [-0.2, -0.15) is 0 Å². The van der Waals surface area contributed by atoms with Gasteiger partial charge in [0.1, 0.15) is 23.9 Å². The van der Waals surface area contributed by atoms with Gasteiger partial charge >= 0.3 is 5.97 Å². The van der Waals surface area contributed by atoms with E-state index in [4.69, 9.17) is 5.73 Å². The van der Waals surface area contributed by atoms with E-state index in [-0.39, 0.29) is 17.9 Å². The van der Waals surface area contributed by atoms with E-state index in [1.807, 2.05) is 0 Å². The Morgan fingerprint density at radius 1 is 1.00 bits per heavy atom. The predicted octanol–water partition coefficient (Wildman–Crippen LogP) is 1.58. The Labute approximate surface area is 285 Å². The summed E-state index contributed by atoms with van der Waals surface area (Å²) >= 11 is 0. The quantitative estimate of drug-likeness (QED) is 0.118. The van der Waals surface area contributed by atoms with E-state index in [9.17, 15) is 44.3 Å². The van der Waals surface area contributed by atoms with E-state index in [1.54, 1.807) is 46.8 Å². The van der Waals surface area contributed by atoms with Crippen molar-refractivity contribution in [3.63, 3.8) is 0 Å². The average Bonchev–Trinajstić information content (AvgIpc) is 3.02. The molecule has 0 aromatic heterocycles. The second-order valence-electron chi connectivity index (χ2n) is 12.5. The summed E-state index contributed by atoms with van der Waals surface area (Å²) in [5, 5.41) is 41.2. The van der Waals surface area contributed by atoms with Gasteiger partial charge in [0.05, 0.1) is 22.3 Å². The van der Waals surface area contributed by atoms with Crippen LogP contribution < -0.4 is 27.0 Å². The molecule has 5 atom stereocenters. The van der Waals surface area contributed by atoms with E-state index < -0.39 is 80.6 Å². The zero-order valence-electron chi connectivity index (χ0n) is 27.0. The molecule has 17 heteroatoms. The second kappa shape index (κ2) is 15.7. The van der Waals surface area contributed by atoms with Crippen LogP contribution in [0.1, 0.15) is 51.7 Å². The first-order chi connectivity index (χ1) is 22.3. The molecule has 0 radical (unpaired) electrons. The van der Waals surface area contributed by atoms with E-state index in [1.165, 1.54) is 36.4 Å². The highest BCUT2D eigenvalue weighted by Gasteiger charge is 2.45. The van der Waals surface area contributed by atoms with Crippen LogP contribution in [0.4, 0.5) is 5.69 Å². The minimum absolute atomic E-state index is 0.0493. The van der Waals surface area contributed by atoms with E-state index >= 15 is 0 Å². The summed E-state index contributed by atoms with van der Waals surface area (Å²) in [5.74, 6) is -5.04. The molecule has 2 aromatic rings. The monoisotopic (exact) mass is 704 g/mol. The standard InChI is InChI=1S/C31H40N6O9S2/c1-16(18-8-10-19(11-9-18)37(45)46)23-27(41)36-25(29(43)44)31(4,5)48-47-30(2,3)24(28(42)33-15-22(39)34-23)35-26(40)21(32)14-17-6-12-20(38)13-7-17/h6-13,16,21,23-25,38H,14-15,32H2,1-5H3,(H,33,42)(H,34,39)(H,35,40)(H,36,41)(H,43,44)/t16-,21-,23+,24+,25+/m0/s1. The smallest absolute Gasteiger partial charge is 0.327 e. The van der Waals surface area contributed by atoms with Crippen molar-refractivity contribution < 1.29 is 39.1 Å². The number of amides is 4. The summed E-state index contributed by atoms with van der Waals surface area (Å²) in [6.07, 6.45) is 0.104. The number of carbonyl (C=O) groups is 5. The maximum atomic E-state index is 13.6. The summed E-state index contributed by atoms with van der Waals surface area (Å²) < 4.78 is -2.29. The van der Waals surface area contributed by atoms with Crippen LogP contribution in [0.15, 0.2) is 48.5 Å². The molecule has 260 valence electrons. The topological polar surface area (TPSA) is 243 Å². The number of carbonyl (C=O) groups excluding carboxylic acids is 4. The summed E-state index contributed by atoms with van der Waals surface area (Å²) in [7, 11) is 2.21. The third-order valence-electron chi connectivity index (χ3n) is 7.82. The molecule has 1 saturated heterocycles. The molecule has 1 heterocycles. The molecule has 1 fully saturated rings. The summed E-state index contributed by atoms with van der Waals surface area (Å²) in [6, 6.07) is 6.38. The lowest BCUT2D eigenvalue weighted by Crippen LogP contribution is -2.62. The third-order valence-corrected chi connectivity index (χ3v) is 12.1. The molecule has 48 heavy (non-hydrogen) atoms. The lowest BCUT2D eigenvalue weighted by molar-refractivity contribution is -0.384. The Morgan fingerprint density at radius 3 is 2.15 bits per heavy atom. The Bertz CT molecular complexity index is 1540. The number of nitrogens with zero attached hydrogens (tertiary/aromatic N) is 1. The highest BCUT2D eigenvalue weighted by molar-refractivity contribution is 8.77. The maximum Gasteiger partial charge on any atom is 0.327 e. The molecule has 0 saturated carbocycles. The van der Waals surface area contributed by atoms with Gasteiger partial charge in [-0.3, -0.25) is 29.3 Å². The number of carboxylic acid groups (broad SMARTS) is 1. The number of nitrogens with two attached hydrogens (primary N) is 1. The van der Waals surface area contributed by atoms with Crippen LogP contribution in [0.5, 0.6) is 5.75 Å². The van der Waals surface area contributed by atoms with Crippen molar-refractivity contribution in [3.8, 4) is 5.75 Å². The average molecular weight is 705 g/mol. The number of aromatic hydroxyl groups is 1. The minimum Gasteiger partial charge on any atom is -0.508 e. The molecule has 1 aliphatic heterocycles. The van der Waals surface area contributed by atoms with Crippen molar-refractivity contribution >= 4 is 56.9 Å². The summed E-state index contributed by atoms with van der Waals surface area (Å²) in [5.41, 5.74) is 7.12. The van der Waals surface area contributed by atoms with E-state index in [0.29, 0.717) is 11.1 Å². The Kier molecular flexibility index (Phi) is 12.5. The molecule has 0 aliphatic carbocycles. The zero-order valence-corrected chi connectivity index (χ0v) is 28.6. The molecular weight excluding hydrogens is 665 g/mol. The zero-order chi connectivity index (χ0) is 36.0. The van der Waals surface area contributed by atoms with Gasteiger partial charge in [-0.25, -0.2) is 4.79 Å². The van der Waals surface area contributed by atoms with Crippen LogP contribution in [0.25, 0.3) is 0 Å². The lowest BCUT2D eigenvalue weighted by Gasteiger charge is -2.38. The van der Waals surface area contributed by atoms with Gasteiger partial charge in [0, 0.05) is 22.8 Å². The van der Waals surface area contributed by atoms with Gasteiger partial charge in [0.2, 0.25) is 23.6 Å². The molecule has 2 aromatic carbocycles. The van der Waals surface area contributed by atoms with Crippen molar-refractivity contribution in [2.24, 2.45) is 5.73 Å². The molecule has 15 nitrogen and oxygen atoms in total. The number of nitrogens with one attached hydrogen (secondary N) is 4. The number of hydrogen-bond donors (Lipinski definition) is 7. The van der Waals surface area contributed by atoms with Gasteiger partial charge in [-0.1, -0.05) is 52.8 Å². The van der Waals surface area contributed by atoms with Gasteiger partial charge < -0.3 is 37.2 Å². The first kappa shape index (κ1) is 38.1. The van der Waals surface area contributed by atoms with Crippen molar-refractivity contribution in [1.82, 2.24) is 21.3 Å². The SMILES string of the molecule is C[C@@H](c1ccc([N+](=O)[O-])cc1)[C@H]1NC(=O)CNC(=O)[C@@H](NC(=O)[C@@H](N)Cc2ccc(O)cc2)C(C)(C)SSC(C)(C)[C@@H](C(=O)O)NC1=O. The van der Waals surface area contributed by atoms with Gasteiger partial charge in [0.15, 0.2) is 0 Å². The van der Waals surface area contributed by atoms with Crippen LogP contribution in [-0.2, 0) is 30.4 Å². The normalized spacial score (nSPS) is 22.9. The number of benzene rings is 2. The van der Waals surface area contributed by atoms with Crippen LogP contribution in [0, 0.1) is 10.1 Å². The first-order valence-electron chi connectivity index (χ1n) is 14.9. The summed E-state index contributed by atoms with van der Waals surface area (Å²) in [4.78, 5) is 76.7. The Morgan fingerprint density at radius 2 is 1.58 bits per heavy atom. The fourth-order valence-electron chi connectivity index (χ4n) is 4.86. The number of carboxylic acids is 1. The molecule has 1 aliphatic rings. The van der Waals surface area contributed by atoms with Crippen molar-refractivity contribution in [1.29, 1.82) is 0 Å². The van der Waals surface area contributed by atoms with Crippen molar-refractivity contribution in [2.45, 2.75) is 80.6 Å². The summed E-state index contributed by atoms with van der Waals surface area (Å²) in [6.45, 7) is 7.52. The fraction of sp³-hybridized carbons (Fsp3) is 0.452. The maximum absolute atomic E-state index is 13.6. The number of phenolic OH excluding ortho intramolecular Hbond substituents is 1. The van der Waals surface area contributed by atoms with Crippen LogP contribution in [0.2, 0.25) is 0 Å². The molecule has 4 amide bonds. The molecule has 0 unspecified atom stereocenters. The third kappa shape index (κ3) is 9.84. The molecule has 0 spiro atoms. The first-order valence-corrected chi connectivity index (χ1v) is 17.0. The number of nitro benzene ring substituents is 1. The number of hydrogen-bond acceptors (Lipinski definition) is 11. The van der Waals surface area contributed by atoms with E-state index in [0.717, 1.165) is 21.6 Å². The highest BCUT2D eigenvalue weighted by atomic mass is 33.1. The van der Waals surface area contributed by atoms with Crippen LogP contribution in [0.3, 0.4) is 0 Å². The predicted molar refractivity (Wildman–Crippen MR) is 181 cm³/mol. The van der Waals surface area contributed by atoms with Gasteiger partial charge in [-0.05, 0) is 57.4 Å². The highest BCUT2D eigenvalue weighted by Crippen LogP contribution is 2.46. The molecule has 8 N–H and O–H groups in total. The fourth-order valence-corrected chi connectivity index (χ4v) is 7.68. The van der Waals surface area contributed by atoms with Gasteiger partial charge in [0.25, 0.3) is 5.69 Å². The number of nitro groups is 1. The Balaban J connectivity index is 1.93. The second-order valence-corrected chi connectivity index (χ2v) is 15.9. The van der Waals surface area contributed by atoms with Gasteiger partial charge in [-0.15, -0.1) is 0 Å². The number of non-ortho nitro benzene ring substituents is 1. The van der Waals surface area contributed by atoms with Crippen molar-refractivity contribution in [2.75, 3.05) is 6.54 Å². The van der Waals surface area contributed by atoms with Crippen LogP contribution in [-0.4, -0.2) is 84.9 Å². The van der Waals surface area contributed by atoms with Crippen LogP contribution >= 0.6 is 21.6 Å². The number of phenols is 1.